The van der Waals surface area contributed by atoms with E-state index in [1.807, 2.05) is 66.7 Å². The molecule has 2 aromatic heterocycles. The van der Waals surface area contributed by atoms with Gasteiger partial charge in [-0.3, -0.25) is 14.3 Å². The molecule has 5 rings (SSSR count). The zero-order chi connectivity index (χ0) is 25.1. The van der Waals surface area contributed by atoms with Crippen molar-refractivity contribution in [2.24, 2.45) is 7.05 Å². The van der Waals surface area contributed by atoms with Crippen molar-refractivity contribution < 1.29 is 19.4 Å². The summed E-state index contributed by atoms with van der Waals surface area (Å²) in [7, 11) is 1.77. The maximum absolute atomic E-state index is 13.3. The van der Waals surface area contributed by atoms with Crippen molar-refractivity contribution in [1.82, 2.24) is 14.3 Å². The van der Waals surface area contributed by atoms with E-state index in [0.29, 0.717) is 41.1 Å². The number of carboxylic acid groups (broad SMARTS) is 1. The van der Waals surface area contributed by atoms with Gasteiger partial charge in [0.2, 0.25) is 0 Å². The van der Waals surface area contributed by atoms with E-state index in [4.69, 9.17) is 9.47 Å². The SMILES string of the molecule is Cn1ncc2c(=O)n(CCC(=O)O)c3cc(OCc4ccccc4)c(OCc4ccccc4)cc3c21. The van der Waals surface area contributed by atoms with E-state index in [2.05, 4.69) is 5.10 Å². The number of rotatable bonds is 9. The van der Waals surface area contributed by atoms with Crippen LogP contribution in [0.25, 0.3) is 21.8 Å². The van der Waals surface area contributed by atoms with Crippen LogP contribution in [-0.2, 0) is 31.6 Å². The van der Waals surface area contributed by atoms with Crippen LogP contribution in [0.2, 0.25) is 0 Å². The molecule has 0 bridgehead atoms. The summed E-state index contributed by atoms with van der Waals surface area (Å²) in [6, 6.07) is 23.2. The number of hydrogen-bond donors (Lipinski definition) is 1. The molecule has 1 N–H and O–H groups in total. The van der Waals surface area contributed by atoms with Gasteiger partial charge in [0, 0.05) is 25.0 Å². The smallest absolute Gasteiger partial charge is 0.305 e. The molecular formula is C28H25N3O5. The van der Waals surface area contributed by atoms with Gasteiger partial charge in [0.1, 0.15) is 13.2 Å². The number of carbonyl (C=O) groups is 1. The molecule has 8 heteroatoms. The standard InChI is InChI=1S/C28H25N3O5/c1-30-27-21-14-24(35-17-19-8-4-2-5-9-19)25(36-18-20-10-6-3-7-11-20)15-23(21)31(13-12-26(32)33)28(34)22(27)16-29-30/h2-11,14-16H,12-13,17-18H2,1H3,(H,32,33). The summed E-state index contributed by atoms with van der Waals surface area (Å²) in [6.45, 7) is 0.667. The van der Waals surface area contributed by atoms with Gasteiger partial charge < -0.3 is 19.1 Å². The van der Waals surface area contributed by atoms with Gasteiger partial charge in [0.05, 0.1) is 29.0 Å². The first-order valence-corrected chi connectivity index (χ1v) is 11.6. The summed E-state index contributed by atoms with van der Waals surface area (Å²) in [4.78, 5) is 24.6. The Morgan fingerprint density at radius 3 is 2.06 bits per heavy atom. The quantitative estimate of drug-likeness (QED) is 0.331. The van der Waals surface area contributed by atoms with Crippen molar-refractivity contribution in [2.45, 2.75) is 26.2 Å². The van der Waals surface area contributed by atoms with Crippen LogP contribution in [0.15, 0.2) is 83.8 Å². The molecule has 0 fully saturated rings. The number of benzene rings is 3. The number of aromatic nitrogens is 3. The number of hydrogen-bond acceptors (Lipinski definition) is 5. The zero-order valence-corrected chi connectivity index (χ0v) is 19.8. The van der Waals surface area contributed by atoms with Crippen LogP contribution >= 0.6 is 0 Å². The first kappa shape index (κ1) is 23.2. The summed E-state index contributed by atoms with van der Waals surface area (Å²) in [5.74, 6) is 0.00481. The predicted octanol–water partition coefficient (Wildman–Crippen LogP) is 4.52. The first-order valence-electron chi connectivity index (χ1n) is 11.6. The average Bonchev–Trinajstić information content (AvgIpc) is 3.29. The van der Waals surface area contributed by atoms with E-state index in [1.54, 1.807) is 17.8 Å². The summed E-state index contributed by atoms with van der Waals surface area (Å²) in [6.07, 6.45) is 1.33. The van der Waals surface area contributed by atoms with Crippen LogP contribution in [-0.4, -0.2) is 25.4 Å². The van der Waals surface area contributed by atoms with Gasteiger partial charge in [-0.2, -0.15) is 5.10 Å². The lowest BCUT2D eigenvalue weighted by Gasteiger charge is -2.17. The Morgan fingerprint density at radius 1 is 0.889 bits per heavy atom. The minimum atomic E-state index is -0.982. The zero-order valence-electron chi connectivity index (χ0n) is 19.8. The molecule has 0 unspecified atom stereocenters. The van der Waals surface area contributed by atoms with E-state index >= 15 is 0 Å². The molecule has 0 amide bonds. The first-order chi connectivity index (χ1) is 17.5. The van der Waals surface area contributed by atoms with Crippen LogP contribution in [0, 0.1) is 0 Å². The van der Waals surface area contributed by atoms with Gasteiger partial charge in [-0.15, -0.1) is 0 Å². The molecule has 0 aliphatic rings. The number of nitrogens with zero attached hydrogens (tertiary/aromatic N) is 3. The summed E-state index contributed by atoms with van der Waals surface area (Å²) >= 11 is 0. The second-order valence-corrected chi connectivity index (χ2v) is 8.50. The van der Waals surface area contributed by atoms with E-state index in [9.17, 15) is 14.7 Å². The Balaban J connectivity index is 1.65. The highest BCUT2D eigenvalue weighted by Gasteiger charge is 2.19. The fraction of sp³-hybridized carbons (Fsp3) is 0.179. The summed E-state index contributed by atoms with van der Waals surface area (Å²) < 4.78 is 15.5. The molecule has 36 heavy (non-hydrogen) atoms. The van der Waals surface area contributed by atoms with Crippen LogP contribution in [0.3, 0.4) is 0 Å². The van der Waals surface area contributed by atoms with Crippen molar-refractivity contribution >= 4 is 27.8 Å². The second kappa shape index (κ2) is 9.95. The van der Waals surface area contributed by atoms with Crippen molar-refractivity contribution in [1.29, 1.82) is 0 Å². The monoisotopic (exact) mass is 483 g/mol. The highest BCUT2D eigenvalue weighted by molar-refractivity contribution is 6.04. The highest BCUT2D eigenvalue weighted by Crippen LogP contribution is 2.36. The van der Waals surface area contributed by atoms with Gasteiger partial charge >= 0.3 is 5.97 Å². The third-order valence-electron chi connectivity index (χ3n) is 6.05. The molecule has 3 aromatic carbocycles. The minimum absolute atomic E-state index is 0.0256. The van der Waals surface area contributed by atoms with Gasteiger partial charge in [-0.25, -0.2) is 0 Å². The average molecular weight is 484 g/mol. The highest BCUT2D eigenvalue weighted by atomic mass is 16.5. The lowest BCUT2D eigenvalue weighted by molar-refractivity contribution is -0.137. The third-order valence-corrected chi connectivity index (χ3v) is 6.05. The van der Waals surface area contributed by atoms with Gasteiger partial charge in [0.15, 0.2) is 11.5 Å². The van der Waals surface area contributed by atoms with E-state index in [-0.39, 0.29) is 18.5 Å². The van der Waals surface area contributed by atoms with E-state index in [0.717, 1.165) is 16.5 Å². The fourth-order valence-electron chi connectivity index (χ4n) is 4.26. The summed E-state index contributed by atoms with van der Waals surface area (Å²) in [5, 5.41) is 14.7. The molecule has 0 atom stereocenters. The van der Waals surface area contributed by atoms with Gasteiger partial charge in [0.25, 0.3) is 5.56 Å². The topological polar surface area (TPSA) is 95.6 Å². The number of aryl methyl sites for hydroxylation is 2. The van der Waals surface area contributed by atoms with Crippen LogP contribution in [0.5, 0.6) is 11.5 Å². The number of carboxylic acids is 1. The molecule has 0 saturated carbocycles. The van der Waals surface area contributed by atoms with Crippen LogP contribution < -0.4 is 15.0 Å². The lowest BCUT2D eigenvalue weighted by Crippen LogP contribution is -2.22. The largest absolute Gasteiger partial charge is 0.485 e. The third kappa shape index (κ3) is 4.65. The number of aliphatic carboxylic acids is 1. The van der Waals surface area contributed by atoms with Gasteiger partial charge in [-0.1, -0.05) is 60.7 Å². The Bertz CT molecular complexity index is 1590. The van der Waals surface area contributed by atoms with Crippen molar-refractivity contribution in [3.05, 3.63) is 100 Å². The maximum atomic E-state index is 13.3. The van der Waals surface area contributed by atoms with Crippen molar-refractivity contribution in [3.63, 3.8) is 0 Å². The Labute approximate surface area is 206 Å². The minimum Gasteiger partial charge on any atom is -0.485 e. The van der Waals surface area contributed by atoms with E-state index in [1.165, 1.54) is 10.8 Å². The lowest BCUT2D eigenvalue weighted by atomic mass is 10.1. The van der Waals surface area contributed by atoms with Crippen molar-refractivity contribution in [3.8, 4) is 11.5 Å². The summed E-state index contributed by atoms with van der Waals surface area (Å²) in [5.41, 5.74) is 2.91. The molecular weight excluding hydrogens is 458 g/mol. The molecule has 2 heterocycles. The van der Waals surface area contributed by atoms with Crippen LogP contribution in [0.4, 0.5) is 0 Å². The predicted molar refractivity (Wildman–Crippen MR) is 136 cm³/mol. The number of fused-ring (bicyclic) bond motifs is 3. The molecule has 8 nitrogen and oxygen atoms in total. The number of pyridine rings is 1. The fourth-order valence-corrected chi connectivity index (χ4v) is 4.26. The van der Waals surface area contributed by atoms with Gasteiger partial charge in [-0.05, 0) is 17.2 Å². The van der Waals surface area contributed by atoms with Crippen LogP contribution in [0.1, 0.15) is 17.5 Å². The normalized spacial score (nSPS) is 11.1. The van der Waals surface area contributed by atoms with E-state index < -0.39 is 5.97 Å². The molecule has 0 aliphatic heterocycles. The second-order valence-electron chi connectivity index (χ2n) is 8.50. The maximum Gasteiger partial charge on any atom is 0.305 e. The molecule has 5 aromatic rings. The Hall–Kier alpha value is -4.59. The van der Waals surface area contributed by atoms with Crippen molar-refractivity contribution in [2.75, 3.05) is 0 Å². The molecule has 182 valence electrons. The number of ether oxygens (including phenoxy) is 2. The molecule has 0 aliphatic carbocycles. The molecule has 0 saturated heterocycles. The Kier molecular flexibility index (Phi) is 6.40. The Morgan fingerprint density at radius 2 is 1.47 bits per heavy atom. The molecule has 0 spiro atoms. The molecule has 0 radical (unpaired) electrons.